The zero-order valence-corrected chi connectivity index (χ0v) is 17.1. The molecule has 0 saturated carbocycles. The summed E-state index contributed by atoms with van der Waals surface area (Å²) in [5.74, 6) is 2.88. The van der Waals surface area contributed by atoms with Crippen LogP contribution in [0.1, 0.15) is 43.7 Å². The van der Waals surface area contributed by atoms with Crippen molar-refractivity contribution < 1.29 is 24.1 Å². The summed E-state index contributed by atoms with van der Waals surface area (Å²) >= 11 is 0. The van der Waals surface area contributed by atoms with Crippen molar-refractivity contribution in [2.24, 2.45) is 5.92 Å². The molecule has 5 rings (SSSR count). The molecule has 2 aromatic rings. The van der Waals surface area contributed by atoms with Crippen LogP contribution in [0.4, 0.5) is 0 Å². The van der Waals surface area contributed by atoms with E-state index in [2.05, 4.69) is 18.7 Å². The summed E-state index contributed by atoms with van der Waals surface area (Å²) in [5.41, 5.74) is 1.35. The molecule has 3 aliphatic heterocycles. The van der Waals surface area contributed by atoms with Gasteiger partial charge in [-0.2, -0.15) is 0 Å². The molecule has 0 amide bonds. The van der Waals surface area contributed by atoms with Gasteiger partial charge in [0.25, 0.3) is 0 Å². The number of hydrogen-bond donors (Lipinski definition) is 1. The van der Waals surface area contributed by atoms with Crippen molar-refractivity contribution in [1.29, 1.82) is 0 Å². The number of methoxy groups -OCH3 is 1. The average molecular weight is 397 g/mol. The Morgan fingerprint density at radius 1 is 1.07 bits per heavy atom. The minimum absolute atomic E-state index is 0.0750. The Hall–Kier alpha value is -2.60. The van der Waals surface area contributed by atoms with E-state index in [0.29, 0.717) is 11.5 Å². The van der Waals surface area contributed by atoms with E-state index in [9.17, 15) is 5.11 Å². The second-order valence-electron chi connectivity index (χ2n) is 8.26. The van der Waals surface area contributed by atoms with E-state index in [-0.39, 0.29) is 24.4 Å². The highest BCUT2D eigenvalue weighted by Crippen LogP contribution is 2.55. The van der Waals surface area contributed by atoms with Gasteiger partial charge in [-0.1, -0.05) is 19.1 Å². The molecule has 2 aromatic carbocycles. The third-order valence-corrected chi connectivity index (χ3v) is 6.82. The summed E-state index contributed by atoms with van der Waals surface area (Å²) in [6.45, 7) is 6.61. The number of hydrogen-bond acceptors (Lipinski definition) is 6. The van der Waals surface area contributed by atoms with Gasteiger partial charge in [0.05, 0.1) is 7.11 Å². The van der Waals surface area contributed by atoms with Gasteiger partial charge in [0, 0.05) is 42.1 Å². The first-order valence-electron chi connectivity index (χ1n) is 10.3. The molecule has 6 heteroatoms. The lowest BCUT2D eigenvalue weighted by Crippen LogP contribution is -2.57. The molecule has 0 radical (unpaired) electrons. The quantitative estimate of drug-likeness (QED) is 0.841. The smallest absolute Gasteiger partial charge is 0.231 e. The van der Waals surface area contributed by atoms with E-state index in [0.717, 1.165) is 35.7 Å². The Morgan fingerprint density at radius 2 is 1.79 bits per heavy atom. The second-order valence-corrected chi connectivity index (χ2v) is 8.26. The van der Waals surface area contributed by atoms with E-state index >= 15 is 0 Å². The minimum atomic E-state index is -0.489. The Kier molecular flexibility index (Phi) is 4.28. The molecule has 3 aliphatic rings. The average Bonchev–Trinajstić information content (AvgIpc) is 3.40. The van der Waals surface area contributed by atoms with Gasteiger partial charge >= 0.3 is 0 Å². The topological polar surface area (TPSA) is 60.4 Å². The molecule has 0 aliphatic carbocycles. The summed E-state index contributed by atoms with van der Waals surface area (Å²) in [6.07, 6.45) is 2.35. The molecule has 1 N–H and O–H groups in total. The lowest BCUT2D eigenvalue weighted by Gasteiger charge is -2.50. The molecule has 29 heavy (non-hydrogen) atoms. The number of aromatic hydroxyl groups is 1. The maximum absolute atomic E-state index is 11.0. The van der Waals surface area contributed by atoms with E-state index < -0.39 is 5.72 Å². The molecule has 6 nitrogen and oxygen atoms in total. The van der Waals surface area contributed by atoms with Crippen molar-refractivity contribution in [3.63, 3.8) is 0 Å². The third-order valence-electron chi connectivity index (χ3n) is 6.82. The van der Waals surface area contributed by atoms with Crippen molar-refractivity contribution >= 4 is 0 Å². The first-order chi connectivity index (χ1) is 14.0. The van der Waals surface area contributed by atoms with E-state index in [1.54, 1.807) is 13.2 Å². The zero-order chi connectivity index (χ0) is 20.2. The molecular formula is C23H27NO5. The highest BCUT2D eigenvalue weighted by molar-refractivity contribution is 5.59. The predicted molar refractivity (Wildman–Crippen MR) is 108 cm³/mol. The van der Waals surface area contributed by atoms with Crippen molar-refractivity contribution in [2.75, 3.05) is 27.0 Å². The molecule has 0 aromatic heterocycles. The number of phenolic OH excluding ortho intramolecular Hbond substituents is 1. The van der Waals surface area contributed by atoms with Crippen LogP contribution in [-0.2, 0) is 0 Å². The van der Waals surface area contributed by atoms with Crippen LogP contribution in [0, 0.1) is 5.92 Å². The molecular weight excluding hydrogens is 370 g/mol. The van der Waals surface area contributed by atoms with Crippen LogP contribution in [0.15, 0.2) is 30.3 Å². The summed E-state index contributed by atoms with van der Waals surface area (Å²) in [6, 6.07) is 9.62. The second kappa shape index (κ2) is 6.73. The van der Waals surface area contributed by atoms with Crippen molar-refractivity contribution in [2.45, 2.75) is 38.3 Å². The van der Waals surface area contributed by atoms with Crippen LogP contribution in [0.25, 0.3) is 0 Å². The van der Waals surface area contributed by atoms with Gasteiger partial charge in [-0.25, -0.2) is 0 Å². The predicted octanol–water partition coefficient (Wildman–Crippen LogP) is 4.10. The normalized spacial score (nSPS) is 28.1. The number of fused-ring (bicyclic) bond motifs is 2. The first kappa shape index (κ1) is 18.4. The van der Waals surface area contributed by atoms with Gasteiger partial charge in [0.2, 0.25) is 6.79 Å². The van der Waals surface area contributed by atoms with Gasteiger partial charge in [0.1, 0.15) is 5.75 Å². The van der Waals surface area contributed by atoms with Gasteiger partial charge in [-0.3, -0.25) is 4.90 Å². The Morgan fingerprint density at radius 3 is 2.52 bits per heavy atom. The van der Waals surface area contributed by atoms with Crippen LogP contribution in [0.5, 0.6) is 28.7 Å². The monoisotopic (exact) mass is 397 g/mol. The lowest BCUT2D eigenvalue weighted by atomic mass is 9.73. The molecule has 3 atom stereocenters. The number of rotatable bonds is 3. The summed E-state index contributed by atoms with van der Waals surface area (Å²) in [4.78, 5) is 2.43. The van der Waals surface area contributed by atoms with Gasteiger partial charge < -0.3 is 24.1 Å². The van der Waals surface area contributed by atoms with Gasteiger partial charge in [0.15, 0.2) is 28.7 Å². The van der Waals surface area contributed by atoms with Gasteiger partial charge in [-0.15, -0.1) is 0 Å². The fourth-order valence-corrected chi connectivity index (χ4v) is 5.07. The SMILES string of the molecule is COc1cccc([C@@H]2c3cc4c(cc3O[C@@](C)(N3CCCC3)[C@@H]2C)OCO4)c1O. The van der Waals surface area contributed by atoms with Crippen LogP contribution >= 0.6 is 0 Å². The Labute approximate surface area is 170 Å². The number of phenols is 1. The van der Waals surface area contributed by atoms with E-state index in [1.165, 1.54) is 12.8 Å². The highest BCUT2D eigenvalue weighted by Gasteiger charge is 2.50. The van der Waals surface area contributed by atoms with Crippen molar-refractivity contribution in [3.8, 4) is 28.7 Å². The standard InChI is InChI=1S/C23H27NO5/c1-14-21(15-7-6-8-17(26-3)22(15)25)16-11-19-20(28-13-27-19)12-18(16)29-23(14,2)24-9-4-5-10-24/h6-8,11-12,14,21,25H,4-5,9-10,13H2,1-3H3/t14-,21-,23-/m1/s1. The number of ether oxygens (including phenoxy) is 4. The maximum Gasteiger partial charge on any atom is 0.231 e. The number of benzene rings is 2. The summed E-state index contributed by atoms with van der Waals surface area (Å²) < 4.78 is 23.3. The Bertz CT molecular complexity index is 939. The number of likely N-dealkylation sites (tertiary alicyclic amines) is 1. The van der Waals surface area contributed by atoms with Crippen LogP contribution in [-0.4, -0.2) is 42.7 Å². The van der Waals surface area contributed by atoms with Crippen LogP contribution in [0.2, 0.25) is 0 Å². The highest BCUT2D eigenvalue weighted by atomic mass is 16.7. The molecule has 0 bridgehead atoms. The van der Waals surface area contributed by atoms with Crippen molar-refractivity contribution in [3.05, 3.63) is 41.5 Å². The van der Waals surface area contributed by atoms with E-state index in [4.69, 9.17) is 18.9 Å². The molecule has 0 unspecified atom stereocenters. The third kappa shape index (κ3) is 2.73. The zero-order valence-electron chi connectivity index (χ0n) is 17.1. The molecule has 154 valence electrons. The fourth-order valence-electron chi connectivity index (χ4n) is 5.07. The van der Waals surface area contributed by atoms with Crippen LogP contribution < -0.4 is 18.9 Å². The number of nitrogens with zero attached hydrogens (tertiary/aromatic N) is 1. The lowest BCUT2D eigenvalue weighted by molar-refractivity contribution is -0.114. The molecule has 1 fully saturated rings. The first-order valence-corrected chi connectivity index (χ1v) is 10.3. The fraction of sp³-hybridized carbons (Fsp3) is 0.478. The summed E-state index contributed by atoms with van der Waals surface area (Å²) in [7, 11) is 1.58. The van der Waals surface area contributed by atoms with Crippen LogP contribution in [0.3, 0.4) is 0 Å². The summed E-state index contributed by atoms with van der Waals surface area (Å²) in [5, 5.41) is 11.0. The molecule has 1 saturated heterocycles. The maximum atomic E-state index is 11.0. The Balaban J connectivity index is 1.70. The van der Waals surface area contributed by atoms with E-state index in [1.807, 2.05) is 24.3 Å². The van der Waals surface area contributed by atoms with Gasteiger partial charge in [-0.05, 0) is 31.9 Å². The number of para-hydroxylation sites is 1. The largest absolute Gasteiger partial charge is 0.504 e. The molecule has 0 spiro atoms. The molecule has 3 heterocycles. The minimum Gasteiger partial charge on any atom is -0.504 e. The van der Waals surface area contributed by atoms with Crippen molar-refractivity contribution in [1.82, 2.24) is 4.90 Å².